The molecule has 0 aliphatic heterocycles. The molecule has 0 spiro atoms. The van der Waals surface area contributed by atoms with Gasteiger partial charge in [-0.3, -0.25) is 0 Å². The van der Waals surface area contributed by atoms with E-state index >= 15 is 0 Å². The number of hydrogen-bond donors (Lipinski definition) is 1. The number of carbonyl (C=O) groups excluding carboxylic acids is 1. The molecule has 4 nitrogen and oxygen atoms in total. The van der Waals surface area contributed by atoms with Gasteiger partial charge in [0, 0.05) is 0 Å². The number of methoxy groups -OCH3 is 1. The molecule has 0 atom stereocenters. The second kappa shape index (κ2) is 5.65. The van der Waals surface area contributed by atoms with Crippen molar-refractivity contribution in [3.63, 3.8) is 0 Å². The molecule has 1 N–H and O–H groups in total. The van der Waals surface area contributed by atoms with Gasteiger partial charge in [-0.15, -0.1) is 0 Å². The average Bonchev–Trinajstić information content (AvgIpc) is 2.34. The van der Waals surface area contributed by atoms with Gasteiger partial charge >= 0.3 is 11.9 Å². The Morgan fingerprint density at radius 3 is 2.65 bits per heavy atom. The first-order valence-corrected chi connectivity index (χ1v) is 4.85. The third kappa shape index (κ3) is 3.04. The van der Waals surface area contributed by atoms with Gasteiger partial charge < -0.3 is 9.84 Å². The van der Waals surface area contributed by atoms with Crippen molar-refractivity contribution in [2.24, 2.45) is 0 Å². The molecule has 17 heavy (non-hydrogen) atoms. The number of carbonyl (C=O) groups is 2. The van der Waals surface area contributed by atoms with Crippen molar-refractivity contribution in [2.45, 2.75) is 0 Å². The van der Waals surface area contributed by atoms with Gasteiger partial charge in [0.1, 0.15) is 0 Å². The quantitative estimate of drug-likeness (QED) is 0.639. The van der Waals surface area contributed by atoms with Crippen LogP contribution in [0.2, 0.25) is 0 Å². The van der Waals surface area contributed by atoms with E-state index in [1.807, 2.05) is 0 Å². The van der Waals surface area contributed by atoms with E-state index in [0.29, 0.717) is 11.1 Å². The lowest BCUT2D eigenvalue weighted by atomic mass is 10.0. The highest BCUT2D eigenvalue weighted by molar-refractivity contribution is 5.96. The Morgan fingerprint density at radius 2 is 2.12 bits per heavy atom. The predicted octanol–water partition coefficient (Wildman–Crippen LogP) is 2.37. The Morgan fingerprint density at radius 1 is 1.41 bits per heavy atom. The van der Waals surface area contributed by atoms with Crippen LogP contribution in [0.3, 0.4) is 0 Å². The molecule has 0 bridgehead atoms. The van der Waals surface area contributed by atoms with E-state index in [1.54, 1.807) is 12.2 Å². The highest BCUT2D eigenvalue weighted by Gasteiger charge is 2.12. The number of hydrogen-bond acceptors (Lipinski definition) is 3. The van der Waals surface area contributed by atoms with Gasteiger partial charge in [0.2, 0.25) is 0 Å². The van der Waals surface area contributed by atoms with E-state index in [2.05, 4.69) is 11.3 Å². The summed E-state index contributed by atoms with van der Waals surface area (Å²) in [5.41, 5.74) is 0.911. The summed E-state index contributed by atoms with van der Waals surface area (Å²) >= 11 is 0. The molecule has 0 aliphatic rings. The minimum atomic E-state index is -1.05. The fourth-order valence-corrected chi connectivity index (χ4v) is 1.30. The SMILES string of the molecule is C=C/C=C/c1cc(C(=O)O)ccc1C(=O)OC. The molecular weight excluding hydrogens is 220 g/mol. The molecule has 0 aliphatic carbocycles. The normalized spacial score (nSPS) is 10.2. The first-order chi connectivity index (χ1) is 8.10. The molecule has 0 saturated carbocycles. The van der Waals surface area contributed by atoms with Crippen LogP contribution in [-0.2, 0) is 4.74 Å². The zero-order valence-electron chi connectivity index (χ0n) is 9.34. The van der Waals surface area contributed by atoms with Crippen LogP contribution >= 0.6 is 0 Å². The fourth-order valence-electron chi connectivity index (χ4n) is 1.30. The molecule has 0 amide bonds. The second-order valence-electron chi connectivity index (χ2n) is 3.19. The monoisotopic (exact) mass is 232 g/mol. The topological polar surface area (TPSA) is 63.6 Å². The molecule has 0 saturated heterocycles. The maximum atomic E-state index is 11.4. The first-order valence-electron chi connectivity index (χ1n) is 4.85. The van der Waals surface area contributed by atoms with E-state index in [0.717, 1.165) is 0 Å². The number of rotatable bonds is 4. The van der Waals surface area contributed by atoms with E-state index in [4.69, 9.17) is 5.11 Å². The lowest BCUT2D eigenvalue weighted by Crippen LogP contribution is -2.06. The standard InChI is InChI=1S/C13H12O4/c1-3-4-5-9-8-10(12(14)15)6-7-11(9)13(16)17-2/h3-8H,1H2,2H3,(H,14,15)/b5-4+. The Kier molecular flexibility index (Phi) is 4.22. The van der Waals surface area contributed by atoms with Crippen LogP contribution in [-0.4, -0.2) is 24.2 Å². The van der Waals surface area contributed by atoms with E-state index in [1.165, 1.54) is 31.4 Å². The summed E-state index contributed by atoms with van der Waals surface area (Å²) < 4.78 is 4.61. The summed E-state index contributed by atoms with van der Waals surface area (Å²) in [4.78, 5) is 22.3. The minimum absolute atomic E-state index is 0.112. The van der Waals surface area contributed by atoms with Gasteiger partial charge in [0.15, 0.2) is 0 Å². The van der Waals surface area contributed by atoms with E-state index in [-0.39, 0.29) is 5.56 Å². The van der Waals surface area contributed by atoms with Crippen LogP contribution in [0.25, 0.3) is 6.08 Å². The predicted molar refractivity (Wildman–Crippen MR) is 64.0 cm³/mol. The third-order valence-electron chi connectivity index (χ3n) is 2.12. The van der Waals surface area contributed by atoms with E-state index < -0.39 is 11.9 Å². The van der Waals surface area contributed by atoms with Gasteiger partial charge in [0.05, 0.1) is 18.2 Å². The molecule has 0 heterocycles. The molecular formula is C13H12O4. The number of carboxylic acid groups (broad SMARTS) is 1. The maximum Gasteiger partial charge on any atom is 0.338 e. The first kappa shape index (κ1) is 12.7. The minimum Gasteiger partial charge on any atom is -0.478 e. The second-order valence-corrected chi connectivity index (χ2v) is 3.19. The zero-order chi connectivity index (χ0) is 12.8. The van der Waals surface area contributed by atoms with Crippen LogP contribution < -0.4 is 0 Å². The van der Waals surface area contributed by atoms with Crippen molar-refractivity contribution in [1.29, 1.82) is 0 Å². The molecule has 0 fully saturated rings. The highest BCUT2D eigenvalue weighted by atomic mass is 16.5. The van der Waals surface area contributed by atoms with Crippen molar-refractivity contribution in [2.75, 3.05) is 7.11 Å². The Bertz CT molecular complexity index is 486. The highest BCUT2D eigenvalue weighted by Crippen LogP contribution is 2.15. The average molecular weight is 232 g/mol. The Balaban J connectivity index is 3.30. The van der Waals surface area contributed by atoms with Crippen molar-refractivity contribution in [3.8, 4) is 0 Å². The van der Waals surface area contributed by atoms with Gasteiger partial charge in [0.25, 0.3) is 0 Å². The summed E-state index contributed by atoms with van der Waals surface area (Å²) in [6.45, 7) is 3.51. The molecule has 0 radical (unpaired) electrons. The van der Waals surface area contributed by atoms with Gasteiger partial charge in [-0.05, 0) is 23.8 Å². The lowest BCUT2D eigenvalue weighted by Gasteiger charge is -2.05. The van der Waals surface area contributed by atoms with Crippen LogP contribution in [0, 0.1) is 0 Å². The molecule has 0 aromatic heterocycles. The number of esters is 1. The van der Waals surface area contributed by atoms with Crippen molar-refractivity contribution < 1.29 is 19.4 Å². The third-order valence-corrected chi connectivity index (χ3v) is 2.12. The zero-order valence-corrected chi connectivity index (χ0v) is 9.34. The van der Waals surface area contributed by atoms with Crippen molar-refractivity contribution in [3.05, 3.63) is 53.6 Å². The fraction of sp³-hybridized carbons (Fsp3) is 0.0769. The van der Waals surface area contributed by atoms with Crippen LogP contribution in [0.15, 0.2) is 36.9 Å². The van der Waals surface area contributed by atoms with E-state index in [9.17, 15) is 9.59 Å². The van der Waals surface area contributed by atoms with Crippen LogP contribution in [0.4, 0.5) is 0 Å². The number of ether oxygens (including phenoxy) is 1. The van der Waals surface area contributed by atoms with Gasteiger partial charge in [-0.1, -0.05) is 24.8 Å². The Labute approximate surface area is 98.8 Å². The number of aromatic carboxylic acids is 1. The largest absolute Gasteiger partial charge is 0.478 e. The maximum absolute atomic E-state index is 11.4. The molecule has 4 heteroatoms. The van der Waals surface area contributed by atoms with Crippen molar-refractivity contribution >= 4 is 18.0 Å². The Hall–Kier alpha value is -2.36. The summed E-state index contributed by atoms with van der Waals surface area (Å²) in [6, 6.07) is 4.20. The lowest BCUT2D eigenvalue weighted by molar-refractivity contribution is 0.0598. The summed E-state index contributed by atoms with van der Waals surface area (Å²) in [6.07, 6.45) is 4.76. The number of benzene rings is 1. The molecule has 1 aromatic carbocycles. The van der Waals surface area contributed by atoms with Crippen LogP contribution in [0.1, 0.15) is 26.3 Å². The smallest absolute Gasteiger partial charge is 0.338 e. The summed E-state index contributed by atoms with van der Waals surface area (Å²) in [7, 11) is 1.27. The van der Waals surface area contributed by atoms with Gasteiger partial charge in [-0.25, -0.2) is 9.59 Å². The van der Waals surface area contributed by atoms with Gasteiger partial charge in [-0.2, -0.15) is 0 Å². The van der Waals surface area contributed by atoms with Crippen molar-refractivity contribution in [1.82, 2.24) is 0 Å². The summed E-state index contributed by atoms with van der Waals surface area (Å²) in [5.74, 6) is -1.56. The number of allylic oxidation sites excluding steroid dienone is 2. The number of carboxylic acids is 1. The molecule has 1 aromatic rings. The molecule has 1 rings (SSSR count). The summed E-state index contributed by atoms with van der Waals surface area (Å²) in [5, 5.41) is 8.86. The molecule has 0 unspecified atom stereocenters. The van der Waals surface area contributed by atoms with Crippen LogP contribution in [0.5, 0.6) is 0 Å². The molecule has 88 valence electrons.